The number of nitrogens with zero attached hydrogens (tertiary/aromatic N) is 2. The number of fused-ring (bicyclic) bond motifs is 1. The quantitative estimate of drug-likeness (QED) is 0.450. The molecular weight excluding hydrogens is 451 g/mol. The summed E-state index contributed by atoms with van der Waals surface area (Å²) in [6.45, 7) is 7.85. The van der Waals surface area contributed by atoms with Crippen molar-refractivity contribution >= 4 is 16.7 Å². The van der Waals surface area contributed by atoms with E-state index in [1.54, 1.807) is 18.2 Å². The second kappa shape index (κ2) is 10.9. The molecule has 1 N–H and O–H groups in total. The second-order valence-electron chi connectivity index (χ2n) is 10.4. The molecule has 5 rings (SSSR count). The van der Waals surface area contributed by atoms with Crippen molar-refractivity contribution in [3.63, 3.8) is 0 Å². The van der Waals surface area contributed by atoms with Gasteiger partial charge in [-0.25, -0.2) is 4.39 Å². The summed E-state index contributed by atoms with van der Waals surface area (Å²) in [6.07, 6.45) is 3.87. The molecule has 0 radical (unpaired) electrons. The first-order valence-corrected chi connectivity index (χ1v) is 13.1. The first-order chi connectivity index (χ1) is 17.5. The van der Waals surface area contributed by atoms with Crippen LogP contribution in [0.25, 0.3) is 10.8 Å². The molecule has 3 unspecified atom stereocenters. The molecule has 4 nitrogen and oxygen atoms in total. The van der Waals surface area contributed by atoms with E-state index < -0.39 is 6.10 Å². The van der Waals surface area contributed by atoms with Crippen molar-refractivity contribution in [1.29, 1.82) is 0 Å². The van der Waals surface area contributed by atoms with Gasteiger partial charge in [0.15, 0.2) is 0 Å². The molecule has 3 aromatic carbocycles. The first-order valence-electron chi connectivity index (χ1n) is 13.1. The molecule has 0 saturated carbocycles. The van der Waals surface area contributed by atoms with E-state index in [-0.39, 0.29) is 23.6 Å². The van der Waals surface area contributed by atoms with Crippen molar-refractivity contribution in [3.05, 3.63) is 96.3 Å². The molecule has 0 aromatic heterocycles. The average Bonchev–Trinajstić information content (AvgIpc) is 3.33. The van der Waals surface area contributed by atoms with E-state index >= 15 is 0 Å². The summed E-state index contributed by atoms with van der Waals surface area (Å²) in [5.41, 5.74) is 1.94. The van der Waals surface area contributed by atoms with Crippen LogP contribution in [-0.4, -0.2) is 59.6 Å². The Morgan fingerprint density at radius 1 is 1.03 bits per heavy atom. The van der Waals surface area contributed by atoms with Gasteiger partial charge in [-0.15, -0.1) is 6.58 Å². The highest BCUT2D eigenvalue weighted by atomic mass is 19.1. The van der Waals surface area contributed by atoms with Crippen LogP contribution in [0.15, 0.2) is 79.4 Å². The zero-order chi connectivity index (χ0) is 25.1. The largest absolute Gasteiger partial charge is 0.392 e. The van der Waals surface area contributed by atoms with Gasteiger partial charge in [0.1, 0.15) is 5.82 Å². The lowest BCUT2D eigenvalue weighted by atomic mass is 9.86. The highest BCUT2D eigenvalue weighted by Gasteiger charge is 2.40. The summed E-state index contributed by atoms with van der Waals surface area (Å²) in [6, 6.07) is 20.8. The number of carbonyl (C=O) groups is 1. The molecule has 2 saturated heterocycles. The maximum absolute atomic E-state index is 13.6. The lowest BCUT2D eigenvalue weighted by Gasteiger charge is -2.35. The van der Waals surface area contributed by atoms with E-state index in [9.17, 15) is 14.3 Å². The number of rotatable bonds is 7. The molecule has 188 valence electrons. The molecule has 2 aliphatic rings. The molecule has 2 aliphatic heterocycles. The number of hydrogen-bond acceptors (Lipinski definition) is 3. The number of aliphatic hydroxyl groups is 1. The van der Waals surface area contributed by atoms with E-state index in [1.165, 1.54) is 5.56 Å². The van der Waals surface area contributed by atoms with E-state index in [1.807, 2.05) is 59.5 Å². The summed E-state index contributed by atoms with van der Waals surface area (Å²) >= 11 is 0. The maximum atomic E-state index is 13.6. The lowest BCUT2D eigenvalue weighted by molar-refractivity contribution is 0.0718. The van der Waals surface area contributed by atoms with Crippen LogP contribution in [-0.2, 0) is 0 Å². The highest BCUT2D eigenvalue weighted by molar-refractivity contribution is 6.07. The van der Waals surface area contributed by atoms with Gasteiger partial charge in [-0.2, -0.15) is 0 Å². The summed E-state index contributed by atoms with van der Waals surface area (Å²) in [4.78, 5) is 18.0. The van der Waals surface area contributed by atoms with E-state index in [0.29, 0.717) is 25.4 Å². The van der Waals surface area contributed by atoms with E-state index in [2.05, 4.69) is 11.5 Å². The second-order valence-corrected chi connectivity index (χ2v) is 10.4. The smallest absolute Gasteiger partial charge is 0.254 e. The molecule has 3 aromatic rings. The van der Waals surface area contributed by atoms with Crippen LogP contribution in [0, 0.1) is 17.7 Å². The van der Waals surface area contributed by atoms with Gasteiger partial charge in [-0.3, -0.25) is 4.79 Å². The van der Waals surface area contributed by atoms with Crippen molar-refractivity contribution in [2.24, 2.45) is 11.8 Å². The van der Waals surface area contributed by atoms with E-state index in [4.69, 9.17) is 0 Å². The number of benzene rings is 3. The molecular formula is C31H35FN2O2. The summed E-state index contributed by atoms with van der Waals surface area (Å²) in [5.74, 6) is 0.541. The van der Waals surface area contributed by atoms with Crippen LogP contribution in [0.2, 0.25) is 0 Å². The van der Waals surface area contributed by atoms with Crippen LogP contribution >= 0.6 is 0 Å². The van der Waals surface area contributed by atoms with Gasteiger partial charge in [0.2, 0.25) is 0 Å². The minimum absolute atomic E-state index is 0.0248. The molecule has 2 fully saturated rings. The zero-order valence-corrected chi connectivity index (χ0v) is 20.7. The predicted octanol–water partition coefficient (Wildman–Crippen LogP) is 5.48. The van der Waals surface area contributed by atoms with Crippen molar-refractivity contribution in [2.75, 3.05) is 32.7 Å². The first kappa shape index (κ1) is 24.7. The molecule has 1 amide bonds. The predicted molar refractivity (Wildman–Crippen MR) is 142 cm³/mol. The summed E-state index contributed by atoms with van der Waals surface area (Å²) < 4.78 is 13.3. The fourth-order valence-electron chi connectivity index (χ4n) is 6.13. The Hall–Kier alpha value is -3.02. The Balaban J connectivity index is 1.27. The van der Waals surface area contributed by atoms with Gasteiger partial charge < -0.3 is 14.9 Å². The lowest BCUT2D eigenvalue weighted by Crippen LogP contribution is -2.40. The SMILES string of the molecule is C=CCC(O)C1CN(C(=O)c2cccc3ccccc23)CC1CN1CCC(c2ccc(F)cc2)CC1. The maximum Gasteiger partial charge on any atom is 0.254 e. The summed E-state index contributed by atoms with van der Waals surface area (Å²) in [5, 5.41) is 13.0. The van der Waals surface area contributed by atoms with Gasteiger partial charge in [0.25, 0.3) is 5.91 Å². The molecule has 0 bridgehead atoms. The molecule has 2 heterocycles. The number of amides is 1. The number of carbonyl (C=O) groups excluding carboxylic acids is 1. The van der Waals surface area contributed by atoms with Crippen molar-refractivity contribution < 1.29 is 14.3 Å². The number of halogens is 1. The van der Waals surface area contributed by atoms with Crippen molar-refractivity contribution in [2.45, 2.75) is 31.3 Å². The van der Waals surface area contributed by atoms with Crippen LogP contribution in [0.4, 0.5) is 4.39 Å². The third-order valence-electron chi connectivity index (χ3n) is 8.12. The minimum Gasteiger partial charge on any atom is -0.392 e. The van der Waals surface area contributed by atoms with E-state index in [0.717, 1.165) is 48.8 Å². The molecule has 5 heteroatoms. The minimum atomic E-state index is -0.505. The van der Waals surface area contributed by atoms with Gasteiger partial charge in [0, 0.05) is 31.1 Å². The molecule has 3 atom stereocenters. The van der Waals surface area contributed by atoms with Crippen LogP contribution < -0.4 is 0 Å². The molecule has 36 heavy (non-hydrogen) atoms. The van der Waals surface area contributed by atoms with Crippen molar-refractivity contribution in [1.82, 2.24) is 9.80 Å². The number of aliphatic hydroxyl groups excluding tert-OH is 1. The van der Waals surface area contributed by atoms with Crippen LogP contribution in [0.1, 0.15) is 41.1 Å². The Labute approximate surface area is 213 Å². The van der Waals surface area contributed by atoms with Gasteiger partial charge in [0.05, 0.1) is 6.10 Å². The van der Waals surface area contributed by atoms with Crippen molar-refractivity contribution in [3.8, 4) is 0 Å². The number of piperidine rings is 1. The monoisotopic (exact) mass is 486 g/mol. The fraction of sp³-hybridized carbons (Fsp3) is 0.387. The summed E-state index contributed by atoms with van der Waals surface area (Å²) in [7, 11) is 0. The standard InChI is InChI=1S/C31H35FN2O2/c1-2-6-30(35)29-21-34(31(36)28-10-5-8-24-7-3-4-9-27(24)28)20-25(29)19-33-17-15-23(16-18-33)22-11-13-26(32)14-12-22/h2-5,7-14,23,25,29-30,35H,1,6,15-21H2. The van der Waals surface area contributed by atoms with Gasteiger partial charge in [-0.05, 0) is 78.7 Å². The topological polar surface area (TPSA) is 43.8 Å². The third kappa shape index (κ3) is 5.23. The number of likely N-dealkylation sites (tertiary alicyclic amines) is 2. The Morgan fingerprint density at radius 3 is 2.50 bits per heavy atom. The molecule has 0 spiro atoms. The number of hydrogen-bond donors (Lipinski definition) is 1. The normalized spacial score (nSPS) is 22.1. The Bertz CT molecular complexity index is 1200. The average molecular weight is 487 g/mol. The van der Waals surface area contributed by atoms with Crippen LogP contribution in [0.5, 0.6) is 0 Å². The Morgan fingerprint density at radius 2 is 1.75 bits per heavy atom. The van der Waals surface area contributed by atoms with Crippen LogP contribution in [0.3, 0.4) is 0 Å². The zero-order valence-electron chi connectivity index (χ0n) is 20.7. The van der Waals surface area contributed by atoms with Gasteiger partial charge >= 0.3 is 0 Å². The molecule has 0 aliphatic carbocycles. The highest BCUT2D eigenvalue weighted by Crippen LogP contribution is 2.34. The third-order valence-corrected chi connectivity index (χ3v) is 8.12. The Kier molecular flexibility index (Phi) is 7.49. The van der Waals surface area contributed by atoms with Gasteiger partial charge in [-0.1, -0.05) is 54.6 Å². The fourth-order valence-corrected chi connectivity index (χ4v) is 6.13.